The van der Waals surface area contributed by atoms with Crippen molar-refractivity contribution in [2.45, 2.75) is 25.7 Å². The second kappa shape index (κ2) is 3.61. The molecule has 0 spiro atoms. The van der Waals surface area contributed by atoms with E-state index in [0.29, 0.717) is 5.56 Å². The zero-order valence-corrected chi connectivity index (χ0v) is 9.35. The van der Waals surface area contributed by atoms with E-state index in [0.717, 1.165) is 5.56 Å². The molecule has 0 heterocycles. The van der Waals surface area contributed by atoms with Gasteiger partial charge < -0.3 is 5.11 Å². The van der Waals surface area contributed by atoms with Crippen LogP contribution in [-0.2, 0) is 9.84 Å². The largest absolute Gasteiger partial charge is 0.506 e. The van der Waals surface area contributed by atoms with Gasteiger partial charge in [-0.1, -0.05) is 13.0 Å². The first-order valence-electron chi connectivity index (χ1n) is 4.42. The number of benzene rings is 1. The molecule has 0 unspecified atom stereocenters. The van der Waals surface area contributed by atoms with Gasteiger partial charge in [-0.3, -0.25) is 0 Å². The van der Waals surface area contributed by atoms with Crippen molar-refractivity contribution in [1.29, 1.82) is 0 Å². The van der Waals surface area contributed by atoms with Crippen LogP contribution in [0.2, 0.25) is 0 Å². The van der Waals surface area contributed by atoms with E-state index in [1.165, 1.54) is 6.07 Å². The lowest BCUT2D eigenvalue weighted by Crippen LogP contribution is -2.04. The lowest BCUT2D eigenvalue weighted by atomic mass is 10.1. The van der Waals surface area contributed by atoms with Crippen LogP contribution in [0.3, 0.4) is 0 Å². The van der Waals surface area contributed by atoms with Crippen LogP contribution in [-0.4, -0.2) is 19.3 Å². The van der Waals surface area contributed by atoms with E-state index in [-0.39, 0.29) is 16.4 Å². The van der Waals surface area contributed by atoms with Gasteiger partial charge in [0.05, 0.1) is 5.75 Å². The van der Waals surface area contributed by atoms with E-state index in [1.54, 1.807) is 19.9 Å². The quantitative estimate of drug-likeness (QED) is 0.816. The lowest BCUT2D eigenvalue weighted by molar-refractivity contribution is 0.454. The maximum absolute atomic E-state index is 11.5. The summed E-state index contributed by atoms with van der Waals surface area (Å²) < 4.78 is 23.1. The fourth-order valence-corrected chi connectivity index (χ4v) is 2.22. The molecule has 0 radical (unpaired) electrons. The first-order chi connectivity index (χ1) is 6.40. The molecule has 0 bridgehead atoms. The monoisotopic (exact) mass is 214 g/mol. The average Bonchev–Trinajstić information content (AvgIpc) is 2.14. The van der Waals surface area contributed by atoms with E-state index >= 15 is 0 Å². The smallest absolute Gasteiger partial charge is 0.181 e. The SMILES string of the molecule is CCS(=O)(=O)c1ccc(C)c(C)c1O. The van der Waals surface area contributed by atoms with E-state index in [1.807, 2.05) is 6.92 Å². The highest BCUT2D eigenvalue weighted by atomic mass is 32.2. The number of rotatable bonds is 2. The average molecular weight is 214 g/mol. The predicted octanol–water partition coefficient (Wildman–Crippen LogP) is 1.80. The molecule has 0 atom stereocenters. The minimum absolute atomic E-state index is 0.00304. The summed E-state index contributed by atoms with van der Waals surface area (Å²) in [7, 11) is -3.32. The first-order valence-corrected chi connectivity index (χ1v) is 6.07. The fraction of sp³-hybridized carbons (Fsp3) is 0.400. The van der Waals surface area contributed by atoms with Gasteiger partial charge in [0.25, 0.3) is 0 Å². The molecule has 0 saturated heterocycles. The van der Waals surface area contributed by atoms with Gasteiger partial charge in [-0.25, -0.2) is 8.42 Å². The van der Waals surface area contributed by atoms with Crippen molar-refractivity contribution in [1.82, 2.24) is 0 Å². The molecule has 14 heavy (non-hydrogen) atoms. The summed E-state index contributed by atoms with van der Waals surface area (Å²) in [4.78, 5) is 0.0306. The second-order valence-electron chi connectivity index (χ2n) is 3.26. The Morgan fingerprint density at radius 3 is 2.36 bits per heavy atom. The number of phenols is 1. The molecule has 0 fully saturated rings. The Morgan fingerprint density at radius 2 is 1.86 bits per heavy atom. The van der Waals surface area contributed by atoms with E-state index < -0.39 is 9.84 Å². The number of sulfone groups is 1. The molecular formula is C10H14O3S. The Hall–Kier alpha value is -1.03. The molecule has 0 saturated carbocycles. The van der Waals surface area contributed by atoms with Gasteiger partial charge in [-0.05, 0) is 31.0 Å². The molecular weight excluding hydrogens is 200 g/mol. The zero-order valence-electron chi connectivity index (χ0n) is 8.53. The topological polar surface area (TPSA) is 54.4 Å². The summed E-state index contributed by atoms with van der Waals surface area (Å²) in [5.41, 5.74) is 1.51. The Bertz CT molecular complexity index is 447. The molecule has 0 aliphatic heterocycles. The van der Waals surface area contributed by atoms with Gasteiger partial charge in [0, 0.05) is 0 Å². The van der Waals surface area contributed by atoms with Crippen molar-refractivity contribution in [3.8, 4) is 5.75 Å². The van der Waals surface area contributed by atoms with Crippen molar-refractivity contribution < 1.29 is 13.5 Å². The van der Waals surface area contributed by atoms with E-state index in [9.17, 15) is 13.5 Å². The molecule has 3 nitrogen and oxygen atoms in total. The molecule has 1 N–H and O–H groups in total. The van der Waals surface area contributed by atoms with Gasteiger partial charge in [0.2, 0.25) is 0 Å². The van der Waals surface area contributed by atoms with Crippen LogP contribution in [0.25, 0.3) is 0 Å². The van der Waals surface area contributed by atoms with Crippen LogP contribution in [0.4, 0.5) is 0 Å². The van der Waals surface area contributed by atoms with Crippen LogP contribution in [0.15, 0.2) is 17.0 Å². The molecule has 0 aromatic heterocycles. The van der Waals surface area contributed by atoms with Crippen molar-refractivity contribution in [3.05, 3.63) is 23.3 Å². The van der Waals surface area contributed by atoms with Crippen molar-refractivity contribution in [2.75, 3.05) is 5.75 Å². The lowest BCUT2D eigenvalue weighted by Gasteiger charge is -2.08. The van der Waals surface area contributed by atoms with Gasteiger partial charge >= 0.3 is 0 Å². The number of hydrogen-bond donors (Lipinski definition) is 1. The summed E-state index contributed by atoms with van der Waals surface area (Å²) in [6.45, 7) is 5.10. The first kappa shape index (κ1) is 11.0. The Morgan fingerprint density at radius 1 is 1.29 bits per heavy atom. The summed E-state index contributed by atoms with van der Waals surface area (Å²) in [6.07, 6.45) is 0. The molecule has 0 aliphatic carbocycles. The fourth-order valence-electron chi connectivity index (χ4n) is 1.18. The summed E-state index contributed by atoms with van der Waals surface area (Å²) in [5.74, 6) is -0.116. The standard InChI is InChI=1S/C10H14O3S/c1-4-14(12,13)9-6-5-7(2)8(3)10(9)11/h5-6,11H,4H2,1-3H3. The van der Waals surface area contributed by atoms with E-state index in [2.05, 4.69) is 0 Å². The molecule has 1 aromatic rings. The zero-order chi connectivity index (χ0) is 10.9. The number of aromatic hydroxyl groups is 1. The van der Waals surface area contributed by atoms with Gasteiger partial charge in [0.1, 0.15) is 10.6 Å². The molecule has 4 heteroatoms. The van der Waals surface area contributed by atoms with Crippen LogP contribution in [0, 0.1) is 13.8 Å². The van der Waals surface area contributed by atoms with Crippen molar-refractivity contribution in [2.24, 2.45) is 0 Å². The molecule has 78 valence electrons. The predicted molar refractivity (Wildman–Crippen MR) is 55.3 cm³/mol. The number of hydrogen-bond acceptors (Lipinski definition) is 3. The van der Waals surface area contributed by atoms with Gasteiger partial charge in [-0.15, -0.1) is 0 Å². The second-order valence-corrected chi connectivity index (χ2v) is 5.50. The highest BCUT2D eigenvalue weighted by molar-refractivity contribution is 7.91. The highest BCUT2D eigenvalue weighted by Gasteiger charge is 2.18. The summed E-state index contributed by atoms with van der Waals surface area (Å²) in [5, 5.41) is 9.67. The number of phenolic OH excluding ortho intramolecular Hbond substituents is 1. The molecule has 0 aliphatic rings. The third-order valence-corrected chi connectivity index (χ3v) is 4.14. The van der Waals surface area contributed by atoms with Crippen molar-refractivity contribution >= 4 is 9.84 Å². The third-order valence-electron chi connectivity index (χ3n) is 2.38. The maximum atomic E-state index is 11.5. The van der Waals surface area contributed by atoms with Crippen LogP contribution < -0.4 is 0 Å². The Kier molecular flexibility index (Phi) is 2.85. The normalized spacial score (nSPS) is 11.6. The third kappa shape index (κ3) is 1.75. The molecule has 0 amide bonds. The Labute approximate surface area is 84.3 Å². The molecule has 1 rings (SSSR count). The van der Waals surface area contributed by atoms with Gasteiger partial charge in [-0.2, -0.15) is 0 Å². The maximum Gasteiger partial charge on any atom is 0.181 e. The van der Waals surface area contributed by atoms with Crippen LogP contribution in [0.5, 0.6) is 5.75 Å². The van der Waals surface area contributed by atoms with Crippen molar-refractivity contribution in [3.63, 3.8) is 0 Å². The highest BCUT2D eigenvalue weighted by Crippen LogP contribution is 2.29. The number of aryl methyl sites for hydroxylation is 1. The van der Waals surface area contributed by atoms with Crippen LogP contribution in [0.1, 0.15) is 18.1 Å². The minimum Gasteiger partial charge on any atom is -0.506 e. The summed E-state index contributed by atoms with van der Waals surface area (Å²) >= 11 is 0. The Balaban J connectivity index is 3.47. The minimum atomic E-state index is -3.32. The van der Waals surface area contributed by atoms with Gasteiger partial charge in [0.15, 0.2) is 9.84 Å². The van der Waals surface area contributed by atoms with Crippen LogP contribution >= 0.6 is 0 Å². The molecule has 1 aromatic carbocycles. The van der Waals surface area contributed by atoms with E-state index in [4.69, 9.17) is 0 Å². The summed E-state index contributed by atoms with van der Waals surface area (Å²) in [6, 6.07) is 3.16.